The summed E-state index contributed by atoms with van der Waals surface area (Å²) in [4.78, 5) is 0. The summed E-state index contributed by atoms with van der Waals surface area (Å²) in [5, 5.41) is 12.9. The number of hydrogen-bond acceptors (Lipinski definition) is 4. The van der Waals surface area contributed by atoms with Crippen molar-refractivity contribution in [1.29, 1.82) is 0 Å². The first-order chi connectivity index (χ1) is 9.06. The van der Waals surface area contributed by atoms with Gasteiger partial charge in [0.15, 0.2) is 5.15 Å². The fraction of sp³-hybridized carbons (Fsp3) is 0.583. The average Bonchev–Trinajstić information content (AvgIpc) is 3.02. The summed E-state index contributed by atoms with van der Waals surface area (Å²) < 4.78 is 7.22. The highest BCUT2D eigenvalue weighted by Gasteiger charge is 2.28. The van der Waals surface area contributed by atoms with Crippen LogP contribution in [0.3, 0.4) is 0 Å². The van der Waals surface area contributed by atoms with Crippen molar-refractivity contribution >= 4 is 23.2 Å². The molecular weight excluding hydrogens is 287 g/mol. The Balaban J connectivity index is 1.93. The highest BCUT2D eigenvalue weighted by molar-refractivity contribution is 6.37. The minimum Gasteiger partial charge on any atom is -0.420 e. The van der Waals surface area contributed by atoms with Gasteiger partial charge in [-0.25, -0.2) is 0 Å². The first-order valence-electron chi connectivity index (χ1n) is 6.28. The fourth-order valence-corrected chi connectivity index (χ4v) is 3.12. The van der Waals surface area contributed by atoms with Gasteiger partial charge in [-0.15, -0.1) is 10.2 Å². The molecule has 0 saturated heterocycles. The molecule has 19 heavy (non-hydrogen) atoms. The second-order valence-corrected chi connectivity index (χ2v) is 5.86. The summed E-state index contributed by atoms with van der Waals surface area (Å²) in [6.45, 7) is 2.24. The molecule has 102 valence electrons. The second-order valence-electron chi connectivity index (χ2n) is 5.14. The molecule has 2 unspecified atom stereocenters. The van der Waals surface area contributed by atoms with E-state index in [0.29, 0.717) is 34.3 Å². The van der Waals surface area contributed by atoms with Gasteiger partial charge in [-0.05, 0) is 25.2 Å². The van der Waals surface area contributed by atoms with Gasteiger partial charge in [0.2, 0.25) is 5.89 Å². The van der Waals surface area contributed by atoms with Crippen LogP contribution in [0, 0.1) is 5.92 Å². The molecule has 1 fully saturated rings. The third-order valence-corrected chi connectivity index (χ3v) is 4.33. The van der Waals surface area contributed by atoms with Crippen molar-refractivity contribution in [2.75, 3.05) is 0 Å². The van der Waals surface area contributed by atoms with Gasteiger partial charge in [0.05, 0.1) is 0 Å². The van der Waals surface area contributed by atoms with Crippen LogP contribution in [0.4, 0.5) is 0 Å². The minimum absolute atomic E-state index is 0.280. The zero-order valence-electron chi connectivity index (χ0n) is 10.7. The smallest absolute Gasteiger partial charge is 0.254 e. The largest absolute Gasteiger partial charge is 0.420 e. The van der Waals surface area contributed by atoms with E-state index >= 15 is 0 Å². The van der Waals surface area contributed by atoms with E-state index in [1.54, 1.807) is 7.05 Å². The van der Waals surface area contributed by atoms with Crippen molar-refractivity contribution in [1.82, 2.24) is 20.0 Å². The summed E-state index contributed by atoms with van der Waals surface area (Å²) in [7, 11) is 1.72. The first kappa shape index (κ1) is 12.9. The van der Waals surface area contributed by atoms with Gasteiger partial charge in [0.1, 0.15) is 10.7 Å². The van der Waals surface area contributed by atoms with Gasteiger partial charge >= 0.3 is 0 Å². The van der Waals surface area contributed by atoms with Crippen LogP contribution in [0.2, 0.25) is 10.3 Å². The molecule has 0 aliphatic heterocycles. The molecule has 2 aromatic heterocycles. The molecule has 0 bridgehead atoms. The molecule has 2 heterocycles. The van der Waals surface area contributed by atoms with Crippen molar-refractivity contribution in [3.63, 3.8) is 0 Å². The Kier molecular flexibility index (Phi) is 3.27. The minimum atomic E-state index is 0.280. The van der Waals surface area contributed by atoms with Crippen LogP contribution in [0.25, 0.3) is 11.5 Å². The molecule has 2 atom stereocenters. The molecule has 5 nitrogen and oxygen atoms in total. The zero-order valence-corrected chi connectivity index (χ0v) is 12.2. The lowest BCUT2D eigenvalue weighted by Gasteiger charge is -2.02. The van der Waals surface area contributed by atoms with E-state index in [1.807, 2.05) is 0 Å². The van der Waals surface area contributed by atoms with E-state index in [0.717, 1.165) is 12.8 Å². The molecule has 1 aliphatic carbocycles. The molecule has 0 aromatic carbocycles. The number of hydrogen-bond donors (Lipinski definition) is 0. The van der Waals surface area contributed by atoms with Crippen LogP contribution in [0.5, 0.6) is 0 Å². The molecule has 0 radical (unpaired) electrons. The van der Waals surface area contributed by atoms with Crippen LogP contribution >= 0.6 is 23.2 Å². The number of halogens is 2. The molecular formula is C12H14Cl2N4O. The Hall–Kier alpha value is -1.07. The highest BCUT2D eigenvalue weighted by Crippen LogP contribution is 2.39. The zero-order chi connectivity index (χ0) is 13.6. The van der Waals surface area contributed by atoms with Crippen molar-refractivity contribution in [2.24, 2.45) is 13.0 Å². The Bertz CT molecular complexity index is 607. The first-order valence-corrected chi connectivity index (χ1v) is 7.03. The van der Waals surface area contributed by atoms with Crippen LogP contribution in [0.15, 0.2) is 4.42 Å². The van der Waals surface area contributed by atoms with Crippen molar-refractivity contribution in [2.45, 2.75) is 32.1 Å². The molecule has 7 heteroatoms. The summed E-state index contributed by atoms with van der Waals surface area (Å²) in [6.07, 6.45) is 3.39. The molecule has 0 amide bonds. The van der Waals surface area contributed by atoms with Crippen molar-refractivity contribution in [3.05, 3.63) is 16.2 Å². The highest BCUT2D eigenvalue weighted by atomic mass is 35.5. The standard InChI is InChI=1S/C12H14Cl2N4O/c1-6-3-4-7(5-6)11-15-16-12(19-11)8-9(13)17-18(2)10(8)14/h6-7H,3-5H2,1-2H3. The molecule has 0 spiro atoms. The van der Waals surface area contributed by atoms with E-state index in [-0.39, 0.29) is 5.15 Å². The maximum atomic E-state index is 6.13. The number of aromatic nitrogens is 4. The summed E-state index contributed by atoms with van der Waals surface area (Å²) in [6, 6.07) is 0. The third kappa shape index (κ3) is 2.25. The molecule has 1 aliphatic rings. The topological polar surface area (TPSA) is 56.7 Å². The lowest BCUT2D eigenvalue weighted by atomic mass is 10.1. The van der Waals surface area contributed by atoms with E-state index in [2.05, 4.69) is 22.2 Å². The predicted octanol–water partition coefficient (Wildman–Crippen LogP) is 3.68. The SMILES string of the molecule is CC1CCC(c2nnc(-c3c(Cl)nn(C)c3Cl)o2)C1. The molecule has 2 aromatic rings. The summed E-state index contributed by atoms with van der Waals surface area (Å²) in [5.41, 5.74) is 0.510. The van der Waals surface area contributed by atoms with Gasteiger partial charge in [-0.3, -0.25) is 4.68 Å². The Morgan fingerprint density at radius 3 is 2.63 bits per heavy atom. The summed E-state index contributed by atoms with van der Waals surface area (Å²) >= 11 is 12.2. The molecule has 0 N–H and O–H groups in total. The number of nitrogens with zero attached hydrogens (tertiary/aromatic N) is 4. The summed E-state index contributed by atoms with van der Waals surface area (Å²) in [5.74, 6) is 2.09. The third-order valence-electron chi connectivity index (χ3n) is 3.63. The van der Waals surface area contributed by atoms with Crippen LogP contribution in [-0.2, 0) is 7.05 Å². The Labute approximate surface area is 120 Å². The van der Waals surface area contributed by atoms with Crippen LogP contribution in [0.1, 0.15) is 38.0 Å². The Morgan fingerprint density at radius 1 is 1.26 bits per heavy atom. The van der Waals surface area contributed by atoms with Crippen LogP contribution < -0.4 is 0 Å². The van der Waals surface area contributed by atoms with E-state index < -0.39 is 0 Å². The van der Waals surface area contributed by atoms with Crippen molar-refractivity contribution < 1.29 is 4.42 Å². The second kappa shape index (κ2) is 4.80. The van der Waals surface area contributed by atoms with Gasteiger partial charge < -0.3 is 4.42 Å². The van der Waals surface area contributed by atoms with Gasteiger partial charge in [0.25, 0.3) is 5.89 Å². The number of aryl methyl sites for hydroxylation is 1. The lowest BCUT2D eigenvalue weighted by molar-refractivity contribution is 0.450. The lowest BCUT2D eigenvalue weighted by Crippen LogP contribution is -1.93. The normalized spacial score (nSPS) is 23.2. The van der Waals surface area contributed by atoms with Crippen molar-refractivity contribution in [3.8, 4) is 11.5 Å². The van der Waals surface area contributed by atoms with E-state index in [9.17, 15) is 0 Å². The molecule has 3 rings (SSSR count). The van der Waals surface area contributed by atoms with Gasteiger partial charge in [-0.1, -0.05) is 30.1 Å². The average molecular weight is 301 g/mol. The fourth-order valence-electron chi connectivity index (χ4n) is 2.58. The quantitative estimate of drug-likeness (QED) is 0.849. The maximum absolute atomic E-state index is 6.13. The monoisotopic (exact) mass is 300 g/mol. The van der Waals surface area contributed by atoms with E-state index in [1.165, 1.54) is 11.1 Å². The molecule has 1 saturated carbocycles. The van der Waals surface area contributed by atoms with E-state index in [4.69, 9.17) is 27.6 Å². The van der Waals surface area contributed by atoms with Gasteiger partial charge in [0, 0.05) is 13.0 Å². The van der Waals surface area contributed by atoms with Gasteiger partial charge in [-0.2, -0.15) is 5.10 Å². The Morgan fingerprint density at radius 2 is 2.05 bits per heavy atom. The maximum Gasteiger partial charge on any atom is 0.254 e. The van der Waals surface area contributed by atoms with Crippen LogP contribution in [-0.4, -0.2) is 20.0 Å². The number of rotatable bonds is 2. The predicted molar refractivity (Wildman–Crippen MR) is 72.3 cm³/mol.